The first kappa shape index (κ1) is 16.4. The number of nitrogens with zero attached hydrogens (tertiary/aromatic N) is 4. The largest absolute Gasteiger partial charge is 0.358 e. The van der Waals surface area contributed by atoms with E-state index in [1.165, 1.54) is 0 Å². The molecule has 1 heterocycles. The number of carbonyl (C=O) groups is 1. The maximum Gasteiger partial charge on any atom is 0.274 e. The zero-order valence-corrected chi connectivity index (χ0v) is 13.1. The second kappa shape index (κ2) is 8.51. The Kier molecular flexibility index (Phi) is 6.98. The number of rotatable bonds is 8. The molecule has 0 saturated carbocycles. The molecule has 0 aliphatic heterocycles. The second-order valence-corrected chi connectivity index (χ2v) is 5.13. The van der Waals surface area contributed by atoms with E-state index in [0.29, 0.717) is 5.69 Å². The minimum Gasteiger partial charge on any atom is -0.358 e. The van der Waals surface area contributed by atoms with Crippen LogP contribution in [0.3, 0.4) is 0 Å². The van der Waals surface area contributed by atoms with Gasteiger partial charge in [-0.05, 0) is 25.0 Å². The fourth-order valence-corrected chi connectivity index (χ4v) is 1.85. The third-order valence-electron chi connectivity index (χ3n) is 3.30. The van der Waals surface area contributed by atoms with Gasteiger partial charge in [0.2, 0.25) is 0 Å². The summed E-state index contributed by atoms with van der Waals surface area (Å²) in [5, 5.41) is 8.20. The van der Waals surface area contributed by atoms with Crippen LogP contribution in [0.4, 0.5) is 5.82 Å². The van der Waals surface area contributed by atoms with E-state index in [0.717, 1.165) is 44.6 Å². The highest BCUT2D eigenvalue weighted by Crippen LogP contribution is 2.09. The molecule has 5 heteroatoms. The number of amides is 1. The molecule has 1 rings (SSSR count). The first-order chi connectivity index (χ1) is 9.60. The van der Waals surface area contributed by atoms with Crippen LogP contribution in [-0.4, -0.2) is 48.2 Å². The number of hydrogen-bond donors (Lipinski definition) is 0. The second-order valence-electron chi connectivity index (χ2n) is 5.13. The number of unbranched alkanes of at least 4 members (excludes halogenated alkanes) is 2. The Hall–Kier alpha value is -1.65. The average molecular weight is 278 g/mol. The molecule has 0 saturated heterocycles. The molecule has 0 aromatic carbocycles. The fraction of sp³-hybridized carbons (Fsp3) is 0.667. The highest BCUT2D eigenvalue weighted by atomic mass is 16.2. The third-order valence-corrected chi connectivity index (χ3v) is 3.30. The van der Waals surface area contributed by atoms with Gasteiger partial charge < -0.3 is 9.80 Å². The van der Waals surface area contributed by atoms with Crippen molar-refractivity contribution in [3.05, 3.63) is 17.8 Å². The molecule has 112 valence electrons. The summed E-state index contributed by atoms with van der Waals surface area (Å²) in [7, 11) is 3.80. The summed E-state index contributed by atoms with van der Waals surface area (Å²) < 4.78 is 0. The standard InChI is InChI=1S/C15H26N4O/c1-5-7-11-18(3)14-10-9-13(16-17-14)15(20)19(4)12-8-6-2/h9-10H,5-8,11-12H2,1-4H3. The van der Waals surface area contributed by atoms with Crippen molar-refractivity contribution in [1.29, 1.82) is 0 Å². The zero-order chi connectivity index (χ0) is 15.0. The van der Waals surface area contributed by atoms with Crippen LogP contribution in [0.2, 0.25) is 0 Å². The lowest BCUT2D eigenvalue weighted by Gasteiger charge is -2.18. The van der Waals surface area contributed by atoms with Gasteiger partial charge in [0.1, 0.15) is 0 Å². The van der Waals surface area contributed by atoms with E-state index in [1.54, 1.807) is 18.0 Å². The van der Waals surface area contributed by atoms with Crippen LogP contribution in [0, 0.1) is 0 Å². The Labute approximate surface area is 122 Å². The summed E-state index contributed by atoms with van der Waals surface area (Å²) in [6.07, 6.45) is 4.35. The average Bonchev–Trinajstić information content (AvgIpc) is 2.49. The minimum atomic E-state index is -0.0614. The van der Waals surface area contributed by atoms with Crippen LogP contribution < -0.4 is 4.90 Å². The fourth-order valence-electron chi connectivity index (χ4n) is 1.85. The normalized spacial score (nSPS) is 10.4. The van der Waals surface area contributed by atoms with Gasteiger partial charge in [-0.15, -0.1) is 10.2 Å². The van der Waals surface area contributed by atoms with Gasteiger partial charge in [-0.2, -0.15) is 0 Å². The topological polar surface area (TPSA) is 49.3 Å². The van der Waals surface area contributed by atoms with Gasteiger partial charge in [-0.1, -0.05) is 26.7 Å². The molecule has 1 aromatic heterocycles. The zero-order valence-electron chi connectivity index (χ0n) is 13.1. The minimum absolute atomic E-state index is 0.0614. The number of hydrogen-bond acceptors (Lipinski definition) is 4. The molecular formula is C15H26N4O. The van der Waals surface area contributed by atoms with Gasteiger partial charge in [-0.25, -0.2) is 0 Å². The number of aromatic nitrogens is 2. The van der Waals surface area contributed by atoms with E-state index in [2.05, 4.69) is 28.9 Å². The van der Waals surface area contributed by atoms with E-state index in [4.69, 9.17) is 0 Å². The predicted octanol–water partition coefficient (Wildman–Crippen LogP) is 2.59. The summed E-state index contributed by atoms with van der Waals surface area (Å²) in [5.41, 5.74) is 0.413. The molecule has 0 radical (unpaired) electrons. The van der Waals surface area contributed by atoms with Gasteiger partial charge >= 0.3 is 0 Å². The van der Waals surface area contributed by atoms with E-state index < -0.39 is 0 Å². The first-order valence-electron chi connectivity index (χ1n) is 7.40. The number of anilines is 1. The molecule has 0 fully saturated rings. The molecule has 0 atom stereocenters. The van der Waals surface area contributed by atoms with Crippen molar-refractivity contribution in [2.45, 2.75) is 39.5 Å². The molecule has 0 aliphatic carbocycles. The van der Waals surface area contributed by atoms with E-state index in [9.17, 15) is 4.79 Å². The summed E-state index contributed by atoms with van der Waals surface area (Å²) in [6, 6.07) is 3.62. The first-order valence-corrected chi connectivity index (χ1v) is 7.40. The van der Waals surface area contributed by atoms with Crippen molar-refractivity contribution < 1.29 is 4.79 Å². The van der Waals surface area contributed by atoms with Gasteiger partial charge in [0.25, 0.3) is 5.91 Å². The highest BCUT2D eigenvalue weighted by molar-refractivity contribution is 5.92. The molecule has 0 spiro atoms. The molecule has 0 aliphatic rings. The molecule has 0 N–H and O–H groups in total. The molecule has 20 heavy (non-hydrogen) atoms. The third kappa shape index (κ3) is 4.79. The van der Waals surface area contributed by atoms with Crippen molar-refractivity contribution in [3.8, 4) is 0 Å². The Morgan fingerprint density at radius 2 is 1.70 bits per heavy atom. The predicted molar refractivity (Wildman–Crippen MR) is 82.1 cm³/mol. The van der Waals surface area contributed by atoms with Crippen LogP contribution in [0.15, 0.2) is 12.1 Å². The van der Waals surface area contributed by atoms with E-state index in [-0.39, 0.29) is 5.91 Å². The SMILES string of the molecule is CCCCN(C)C(=O)c1ccc(N(C)CCCC)nn1. The Morgan fingerprint density at radius 3 is 2.25 bits per heavy atom. The lowest BCUT2D eigenvalue weighted by Crippen LogP contribution is -2.29. The number of carbonyl (C=O) groups excluding carboxylic acids is 1. The van der Waals surface area contributed by atoms with Crippen LogP contribution in [0.1, 0.15) is 50.0 Å². The Balaban J connectivity index is 2.63. The van der Waals surface area contributed by atoms with Crippen molar-refractivity contribution in [2.75, 3.05) is 32.1 Å². The monoisotopic (exact) mass is 278 g/mol. The lowest BCUT2D eigenvalue weighted by atomic mass is 10.3. The summed E-state index contributed by atoms with van der Waals surface area (Å²) in [4.78, 5) is 15.9. The molecule has 0 unspecified atom stereocenters. The van der Waals surface area contributed by atoms with Crippen LogP contribution in [0.25, 0.3) is 0 Å². The van der Waals surface area contributed by atoms with Gasteiger partial charge in [0.05, 0.1) is 0 Å². The van der Waals surface area contributed by atoms with Crippen molar-refractivity contribution in [3.63, 3.8) is 0 Å². The van der Waals surface area contributed by atoms with E-state index >= 15 is 0 Å². The quantitative estimate of drug-likeness (QED) is 0.733. The highest BCUT2D eigenvalue weighted by Gasteiger charge is 2.13. The maximum absolute atomic E-state index is 12.1. The summed E-state index contributed by atoms with van der Waals surface area (Å²) in [5.74, 6) is 0.750. The molecule has 1 aromatic rings. The summed E-state index contributed by atoms with van der Waals surface area (Å²) >= 11 is 0. The van der Waals surface area contributed by atoms with Gasteiger partial charge in [-0.3, -0.25) is 4.79 Å². The summed E-state index contributed by atoms with van der Waals surface area (Å²) in [6.45, 7) is 5.98. The maximum atomic E-state index is 12.1. The Bertz CT molecular complexity index is 405. The van der Waals surface area contributed by atoms with Crippen molar-refractivity contribution >= 4 is 11.7 Å². The van der Waals surface area contributed by atoms with Crippen LogP contribution in [0.5, 0.6) is 0 Å². The van der Waals surface area contributed by atoms with Crippen molar-refractivity contribution in [2.24, 2.45) is 0 Å². The molecule has 0 bridgehead atoms. The molecule has 5 nitrogen and oxygen atoms in total. The van der Waals surface area contributed by atoms with Crippen LogP contribution >= 0.6 is 0 Å². The smallest absolute Gasteiger partial charge is 0.274 e. The molecular weight excluding hydrogens is 252 g/mol. The van der Waals surface area contributed by atoms with Crippen LogP contribution in [-0.2, 0) is 0 Å². The molecule has 1 amide bonds. The Morgan fingerprint density at radius 1 is 1.05 bits per heavy atom. The van der Waals surface area contributed by atoms with E-state index in [1.807, 2.05) is 13.1 Å². The van der Waals surface area contributed by atoms with Crippen molar-refractivity contribution in [1.82, 2.24) is 15.1 Å². The van der Waals surface area contributed by atoms with Gasteiger partial charge in [0.15, 0.2) is 11.5 Å². The van der Waals surface area contributed by atoms with Gasteiger partial charge in [0, 0.05) is 27.2 Å². The lowest BCUT2D eigenvalue weighted by molar-refractivity contribution is 0.0786.